The molecule has 1 fully saturated rings. The average molecular weight is 273 g/mol. The fourth-order valence-electron chi connectivity index (χ4n) is 2.08. The number of hydrogen-bond donors (Lipinski definition) is 1. The Labute approximate surface area is 115 Å². The molecule has 1 atom stereocenters. The van der Waals surface area contributed by atoms with Crippen LogP contribution in [0.3, 0.4) is 0 Å². The molecule has 0 aromatic rings. The molecule has 1 aliphatic rings. The summed E-state index contributed by atoms with van der Waals surface area (Å²) in [7, 11) is 0. The summed E-state index contributed by atoms with van der Waals surface area (Å²) >= 11 is 0. The molecule has 1 saturated heterocycles. The molecule has 1 rings (SSSR count). The smallest absolute Gasteiger partial charge is 0.325 e. The molecular weight excluding hydrogens is 246 g/mol. The van der Waals surface area contributed by atoms with Crippen molar-refractivity contribution in [1.29, 1.82) is 0 Å². The maximum atomic E-state index is 11.6. The third kappa shape index (κ3) is 6.36. The summed E-state index contributed by atoms with van der Waals surface area (Å²) in [5.74, 6) is -0.319. The topological polar surface area (TPSA) is 70.8 Å². The molecule has 1 heterocycles. The van der Waals surface area contributed by atoms with Crippen LogP contribution in [-0.4, -0.2) is 44.0 Å². The van der Waals surface area contributed by atoms with Gasteiger partial charge in [-0.2, -0.15) is 0 Å². The van der Waals surface area contributed by atoms with Gasteiger partial charge in [0.1, 0.15) is 5.54 Å². The molecule has 112 valence electrons. The van der Waals surface area contributed by atoms with Crippen LogP contribution in [0.25, 0.3) is 0 Å². The van der Waals surface area contributed by atoms with Crippen LogP contribution in [0.5, 0.6) is 0 Å². The first kappa shape index (κ1) is 16.4. The van der Waals surface area contributed by atoms with Gasteiger partial charge in [-0.25, -0.2) is 0 Å². The van der Waals surface area contributed by atoms with Gasteiger partial charge >= 0.3 is 5.97 Å². The van der Waals surface area contributed by atoms with E-state index in [1.54, 1.807) is 13.8 Å². The molecule has 0 saturated carbocycles. The Bertz CT molecular complexity index is 262. The van der Waals surface area contributed by atoms with E-state index in [0.717, 1.165) is 45.5 Å². The number of unbranched alkanes of at least 4 members (excludes halogenated alkanes) is 1. The molecule has 0 aromatic carbocycles. The molecular formula is C14H27NO4. The molecule has 19 heavy (non-hydrogen) atoms. The van der Waals surface area contributed by atoms with E-state index in [4.69, 9.17) is 19.9 Å². The van der Waals surface area contributed by atoms with Crippen molar-refractivity contribution < 1.29 is 19.0 Å². The highest BCUT2D eigenvalue weighted by Gasteiger charge is 2.29. The number of rotatable bonds is 8. The SMILES string of the molecule is CCOC(=O)C(C)(N)CCCCOC1CCOCC1. The average Bonchev–Trinajstić information content (AvgIpc) is 2.39. The maximum absolute atomic E-state index is 11.6. The second kappa shape index (κ2) is 8.51. The summed E-state index contributed by atoms with van der Waals surface area (Å²) in [6.07, 6.45) is 4.72. The van der Waals surface area contributed by atoms with Gasteiger partial charge in [0, 0.05) is 19.8 Å². The van der Waals surface area contributed by atoms with Crippen LogP contribution in [0.2, 0.25) is 0 Å². The molecule has 0 spiro atoms. The summed E-state index contributed by atoms with van der Waals surface area (Å²) < 4.78 is 16.0. The van der Waals surface area contributed by atoms with Crippen molar-refractivity contribution in [1.82, 2.24) is 0 Å². The van der Waals surface area contributed by atoms with Crippen molar-refractivity contribution in [2.24, 2.45) is 5.73 Å². The van der Waals surface area contributed by atoms with Crippen molar-refractivity contribution in [2.45, 2.75) is 57.6 Å². The molecule has 1 aliphatic heterocycles. The van der Waals surface area contributed by atoms with E-state index in [2.05, 4.69) is 0 Å². The first-order valence-electron chi connectivity index (χ1n) is 7.21. The van der Waals surface area contributed by atoms with Gasteiger partial charge in [0.2, 0.25) is 0 Å². The van der Waals surface area contributed by atoms with Gasteiger partial charge in [-0.1, -0.05) is 0 Å². The zero-order valence-electron chi connectivity index (χ0n) is 12.2. The molecule has 0 aromatic heterocycles. The summed E-state index contributed by atoms with van der Waals surface area (Å²) in [6, 6.07) is 0. The highest BCUT2D eigenvalue weighted by Crippen LogP contribution is 2.15. The lowest BCUT2D eigenvalue weighted by Gasteiger charge is -2.23. The minimum absolute atomic E-state index is 0.319. The monoisotopic (exact) mass is 273 g/mol. The van der Waals surface area contributed by atoms with Crippen LogP contribution in [0, 0.1) is 0 Å². The number of carbonyl (C=O) groups excluding carboxylic acids is 1. The van der Waals surface area contributed by atoms with Gasteiger partial charge < -0.3 is 19.9 Å². The van der Waals surface area contributed by atoms with Crippen molar-refractivity contribution in [3.8, 4) is 0 Å². The van der Waals surface area contributed by atoms with Crippen molar-refractivity contribution in [2.75, 3.05) is 26.4 Å². The lowest BCUT2D eigenvalue weighted by Crippen LogP contribution is -2.46. The number of hydrogen-bond acceptors (Lipinski definition) is 5. The van der Waals surface area contributed by atoms with E-state index in [9.17, 15) is 4.79 Å². The van der Waals surface area contributed by atoms with Crippen molar-refractivity contribution in [3.05, 3.63) is 0 Å². The largest absolute Gasteiger partial charge is 0.465 e. The Kier molecular flexibility index (Phi) is 7.34. The second-order valence-corrected chi connectivity index (χ2v) is 5.28. The highest BCUT2D eigenvalue weighted by molar-refractivity contribution is 5.79. The van der Waals surface area contributed by atoms with Gasteiger partial charge in [-0.05, 0) is 46.0 Å². The van der Waals surface area contributed by atoms with E-state index in [-0.39, 0.29) is 5.97 Å². The lowest BCUT2D eigenvalue weighted by molar-refractivity contribution is -0.149. The van der Waals surface area contributed by atoms with Crippen molar-refractivity contribution in [3.63, 3.8) is 0 Å². The predicted octanol–water partition coefficient (Wildman–Crippen LogP) is 1.63. The first-order chi connectivity index (χ1) is 9.06. The van der Waals surface area contributed by atoms with Gasteiger partial charge in [0.05, 0.1) is 12.7 Å². The standard InChI is InChI=1S/C14H27NO4/c1-3-18-13(16)14(2,15)8-4-5-9-19-12-6-10-17-11-7-12/h12H,3-11,15H2,1-2H3. The van der Waals surface area contributed by atoms with Gasteiger partial charge in [0.15, 0.2) is 0 Å². The van der Waals surface area contributed by atoms with E-state index in [0.29, 0.717) is 19.1 Å². The zero-order valence-corrected chi connectivity index (χ0v) is 12.2. The highest BCUT2D eigenvalue weighted by atomic mass is 16.5. The molecule has 2 N–H and O–H groups in total. The van der Waals surface area contributed by atoms with E-state index < -0.39 is 5.54 Å². The zero-order chi connectivity index (χ0) is 14.1. The number of carbonyl (C=O) groups is 1. The fraction of sp³-hybridized carbons (Fsp3) is 0.929. The minimum Gasteiger partial charge on any atom is -0.465 e. The number of esters is 1. The normalized spacial score (nSPS) is 19.9. The maximum Gasteiger partial charge on any atom is 0.325 e. The quantitative estimate of drug-likeness (QED) is 0.537. The van der Waals surface area contributed by atoms with Crippen LogP contribution in [-0.2, 0) is 19.0 Å². The van der Waals surface area contributed by atoms with Crippen molar-refractivity contribution >= 4 is 5.97 Å². The molecule has 0 radical (unpaired) electrons. The minimum atomic E-state index is -0.880. The van der Waals surface area contributed by atoms with Gasteiger partial charge in [-0.15, -0.1) is 0 Å². The van der Waals surface area contributed by atoms with Gasteiger partial charge in [0.25, 0.3) is 0 Å². The Morgan fingerprint density at radius 3 is 2.68 bits per heavy atom. The van der Waals surface area contributed by atoms with Crippen LogP contribution >= 0.6 is 0 Å². The number of ether oxygens (including phenoxy) is 3. The van der Waals surface area contributed by atoms with Gasteiger partial charge in [-0.3, -0.25) is 4.79 Å². The third-order valence-electron chi connectivity index (χ3n) is 3.35. The third-order valence-corrected chi connectivity index (χ3v) is 3.35. The fourth-order valence-corrected chi connectivity index (χ4v) is 2.08. The Hall–Kier alpha value is -0.650. The molecule has 0 amide bonds. The summed E-state index contributed by atoms with van der Waals surface area (Å²) in [6.45, 7) is 6.21. The summed E-state index contributed by atoms with van der Waals surface area (Å²) in [5, 5.41) is 0. The molecule has 0 aliphatic carbocycles. The molecule has 5 nitrogen and oxygen atoms in total. The van der Waals surface area contributed by atoms with E-state index in [1.165, 1.54) is 0 Å². The van der Waals surface area contributed by atoms with Crippen LogP contribution < -0.4 is 5.73 Å². The predicted molar refractivity (Wildman–Crippen MR) is 72.9 cm³/mol. The molecule has 0 bridgehead atoms. The molecule has 1 unspecified atom stereocenters. The van der Waals surface area contributed by atoms with E-state index in [1.807, 2.05) is 0 Å². The van der Waals surface area contributed by atoms with Crippen LogP contribution in [0.15, 0.2) is 0 Å². The van der Waals surface area contributed by atoms with E-state index >= 15 is 0 Å². The van der Waals surface area contributed by atoms with Crippen LogP contribution in [0.1, 0.15) is 46.0 Å². The Balaban J connectivity index is 2.07. The summed E-state index contributed by atoms with van der Waals surface area (Å²) in [4.78, 5) is 11.6. The first-order valence-corrected chi connectivity index (χ1v) is 7.21. The Morgan fingerprint density at radius 1 is 1.37 bits per heavy atom. The lowest BCUT2D eigenvalue weighted by atomic mass is 9.96. The second-order valence-electron chi connectivity index (χ2n) is 5.28. The Morgan fingerprint density at radius 2 is 2.05 bits per heavy atom. The number of nitrogens with two attached hydrogens (primary N) is 1. The summed E-state index contributed by atoms with van der Waals surface area (Å²) in [5.41, 5.74) is 5.06. The van der Waals surface area contributed by atoms with Crippen LogP contribution in [0.4, 0.5) is 0 Å². The molecule has 5 heteroatoms.